The van der Waals surface area contributed by atoms with Gasteiger partial charge in [0.1, 0.15) is 0 Å². The molecule has 1 aromatic rings. The van der Waals surface area contributed by atoms with Crippen molar-refractivity contribution in [2.45, 2.75) is 38.1 Å². The van der Waals surface area contributed by atoms with Gasteiger partial charge in [0.15, 0.2) is 0 Å². The number of hydrogen-bond acceptors (Lipinski definition) is 5. The van der Waals surface area contributed by atoms with E-state index in [0.717, 1.165) is 57.4 Å². The van der Waals surface area contributed by atoms with E-state index >= 15 is 0 Å². The van der Waals surface area contributed by atoms with Gasteiger partial charge < -0.3 is 15.0 Å². The summed E-state index contributed by atoms with van der Waals surface area (Å²) in [6.07, 6.45) is 7.89. The second-order valence-electron chi connectivity index (χ2n) is 7.77. The molecule has 154 valence electrons. The molecule has 2 amide bonds. The highest BCUT2D eigenvalue weighted by Gasteiger charge is 2.32. The van der Waals surface area contributed by atoms with Crippen molar-refractivity contribution in [1.82, 2.24) is 20.1 Å². The number of carbonyl (C=O) groups is 2. The molecule has 3 heterocycles. The Bertz CT molecular complexity index is 632. The van der Waals surface area contributed by atoms with Gasteiger partial charge in [0, 0.05) is 51.7 Å². The number of carbonyl (C=O) groups excluding carboxylic acids is 2. The Kier molecular flexibility index (Phi) is 7.80. The smallest absolute Gasteiger partial charge is 0.227 e. The van der Waals surface area contributed by atoms with Crippen molar-refractivity contribution in [3.8, 4) is 0 Å². The van der Waals surface area contributed by atoms with Gasteiger partial charge >= 0.3 is 0 Å². The first kappa shape index (κ1) is 20.7. The lowest BCUT2D eigenvalue weighted by atomic mass is 9.93. The van der Waals surface area contributed by atoms with Crippen LogP contribution in [0.15, 0.2) is 24.5 Å². The summed E-state index contributed by atoms with van der Waals surface area (Å²) in [6, 6.07) is 4.29. The highest BCUT2D eigenvalue weighted by atomic mass is 16.5. The zero-order valence-electron chi connectivity index (χ0n) is 16.8. The van der Waals surface area contributed by atoms with Crippen molar-refractivity contribution in [3.05, 3.63) is 30.1 Å². The molecule has 2 aliphatic heterocycles. The lowest BCUT2D eigenvalue weighted by molar-refractivity contribution is -0.132. The minimum Gasteiger partial charge on any atom is -0.383 e. The monoisotopic (exact) mass is 388 g/mol. The molecule has 0 saturated carbocycles. The molecular formula is C21H32N4O3. The molecule has 2 fully saturated rings. The first-order chi connectivity index (χ1) is 13.7. The highest BCUT2D eigenvalue weighted by Crippen LogP contribution is 2.24. The van der Waals surface area contributed by atoms with E-state index in [0.29, 0.717) is 25.6 Å². The number of aromatic nitrogens is 1. The van der Waals surface area contributed by atoms with Crippen LogP contribution in [0.5, 0.6) is 0 Å². The van der Waals surface area contributed by atoms with Crippen molar-refractivity contribution in [2.24, 2.45) is 5.92 Å². The van der Waals surface area contributed by atoms with Crippen LogP contribution in [-0.4, -0.2) is 79.1 Å². The van der Waals surface area contributed by atoms with Gasteiger partial charge in [0.2, 0.25) is 11.8 Å². The molecule has 1 aromatic heterocycles. The van der Waals surface area contributed by atoms with E-state index in [4.69, 9.17) is 4.74 Å². The van der Waals surface area contributed by atoms with E-state index in [1.54, 1.807) is 19.5 Å². The summed E-state index contributed by atoms with van der Waals surface area (Å²) in [5.41, 5.74) is 0.966. The second kappa shape index (κ2) is 10.5. The summed E-state index contributed by atoms with van der Waals surface area (Å²) in [5, 5.41) is 2.97. The number of hydrogen-bond donors (Lipinski definition) is 1. The third-order valence-corrected chi connectivity index (χ3v) is 5.84. The zero-order valence-corrected chi connectivity index (χ0v) is 16.8. The number of pyridine rings is 1. The summed E-state index contributed by atoms with van der Waals surface area (Å²) < 4.78 is 5.00. The predicted octanol–water partition coefficient (Wildman–Crippen LogP) is 1.09. The molecule has 28 heavy (non-hydrogen) atoms. The molecule has 1 N–H and O–H groups in total. The maximum atomic E-state index is 12.5. The van der Waals surface area contributed by atoms with Crippen molar-refractivity contribution in [1.29, 1.82) is 0 Å². The van der Waals surface area contributed by atoms with Crippen molar-refractivity contribution in [2.75, 3.05) is 46.4 Å². The Labute approximate surface area is 167 Å². The number of piperidine rings is 2. The van der Waals surface area contributed by atoms with Gasteiger partial charge in [-0.3, -0.25) is 19.5 Å². The topological polar surface area (TPSA) is 74.8 Å². The van der Waals surface area contributed by atoms with E-state index in [2.05, 4.69) is 15.2 Å². The Morgan fingerprint density at radius 1 is 1.25 bits per heavy atom. The Hall–Kier alpha value is -1.99. The van der Waals surface area contributed by atoms with Crippen LogP contribution in [-0.2, 0) is 20.7 Å². The summed E-state index contributed by atoms with van der Waals surface area (Å²) in [5.74, 6) is 0.391. The van der Waals surface area contributed by atoms with E-state index in [9.17, 15) is 9.59 Å². The summed E-state index contributed by atoms with van der Waals surface area (Å²) in [7, 11) is 1.64. The first-order valence-electron chi connectivity index (χ1n) is 10.3. The number of ether oxygens (including phenoxy) is 1. The molecule has 0 radical (unpaired) electrons. The Balaban J connectivity index is 1.43. The molecule has 1 atom stereocenters. The maximum Gasteiger partial charge on any atom is 0.227 e. The van der Waals surface area contributed by atoms with Crippen LogP contribution >= 0.6 is 0 Å². The SMILES string of the molecule is COCCNC(=O)[C@H]1CCCN(C2CCN(C(=O)Cc3cccnc3)CC2)C1. The molecule has 0 unspecified atom stereocenters. The fourth-order valence-corrected chi connectivity index (χ4v) is 4.24. The maximum absolute atomic E-state index is 12.5. The van der Waals surface area contributed by atoms with Crippen LogP contribution in [0.3, 0.4) is 0 Å². The van der Waals surface area contributed by atoms with Gasteiger partial charge in [-0.25, -0.2) is 0 Å². The average Bonchev–Trinajstić information content (AvgIpc) is 2.75. The number of methoxy groups -OCH3 is 1. The Morgan fingerprint density at radius 2 is 2.07 bits per heavy atom. The molecule has 3 rings (SSSR count). The second-order valence-corrected chi connectivity index (χ2v) is 7.77. The molecule has 0 bridgehead atoms. The summed E-state index contributed by atoms with van der Waals surface area (Å²) in [6.45, 7) is 4.59. The average molecular weight is 389 g/mol. The molecule has 2 saturated heterocycles. The molecule has 2 aliphatic rings. The standard InChI is InChI=1S/C21H32N4O3/c1-28-13-9-23-21(27)18-5-3-10-25(16-18)19-6-11-24(12-7-19)20(26)14-17-4-2-8-22-15-17/h2,4,8,15,18-19H,3,5-7,9-14,16H2,1H3,(H,23,27)/t18-/m0/s1. The number of amides is 2. The van der Waals surface area contributed by atoms with E-state index in [1.165, 1.54) is 0 Å². The van der Waals surface area contributed by atoms with Crippen LogP contribution < -0.4 is 5.32 Å². The van der Waals surface area contributed by atoms with E-state index in [1.807, 2.05) is 17.0 Å². The van der Waals surface area contributed by atoms with Crippen molar-refractivity contribution >= 4 is 11.8 Å². The lowest BCUT2D eigenvalue weighted by Crippen LogP contribution is -2.51. The van der Waals surface area contributed by atoms with Gasteiger partial charge in [0.05, 0.1) is 18.9 Å². The van der Waals surface area contributed by atoms with E-state index < -0.39 is 0 Å². The number of nitrogens with one attached hydrogen (secondary N) is 1. The lowest BCUT2D eigenvalue weighted by Gasteiger charge is -2.42. The number of likely N-dealkylation sites (tertiary alicyclic amines) is 2. The van der Waals surface area contributed by atoms with Gasteiger partial charge in [-0.05, 0) is 43.9 Å². The summed E-state index contributed by atoms with van der Waals surface area (Å²) >= 11 is 0. The van der Waals surface area contributed by atoms with Crippen LogP contribution in [0.25, 0.3) is 0 Å². The molecule has 7 nitrogen and oxygen atoms in total. The fraction of sp³-hybridized carbons (Fsp3) is 0.667. The van der Waals surface area contributed by atoms with Crippen LogP contribution in [0, 0.1) is 5.92 Å². The van der Waals surface area contributed by atoms with Crippen LogP contribution in [0.1, 0.15) is 31.2 Å². The van der Waals surface area contributed by atoms with E-state index in [-0.39, 0.29) is 17.7 Å². The minimum absolute atomic E-state index is 0.0656. The van der Waals surface area contributed by atoms with Gasteiger partial charge in [-0.1, -0.05) is 6.07 Å². The normalized spacial score (nSPS) is 21.5. The molecular weight excluding hydrogens is 356 g/mol. The van der Waals surface area contributed by atoms with Gasteiger partial charge in [-0.2, -0.15) is 0 Å². The predicted molar refractivity (Wildman–Crippen MR) is 107 cm³/mol. The van der Waals surface area contributed by atoms with Crippen molar-refractivity contribution < 1.29 is 14.3 Å². The molecule has 0 spiro atoms. The molecule has 7 heteroatoms. The zero-order chi connectivity index (χ0) is 19.8. The fourth-order valence-electron chi connectivity index (χ4n) is 4.24. The first-order valence-corrected chi connectivity index (χ1v) is 10.3. The summed E-state index contributed by atoms with van der Waals surface area (Å²) in [4.78, 5) is 33.4. The van der Waals surface area contributed by atoms with Crippen molar-refractivity contribution in [3.63, 3.8) is 0 Å². The van der Waals surface area contributed by atoms with Gasteiger partial charge in [0.25, 0.3) is 0 Å². The van der Waals surface area contributed by atoms with Gasteiger partial charge in [-0.15, -0.1) is 0 Å². The van der Waals surface area contributed by atoms with Crippen LogP contribution in [0.2, 0.25) is 0 Å². The third-order valence-electron chi connectivity index (χ3n) is 5.84. The Morgan fingerprint density at radius 3 is 2.79 bits per heavy atom. The largest absolute Gasteiger partial charge is 0.383 e. The number of rotatable bonds is 7. The minimum atomic E-state index is 0.0656. The molecule has 0 aliphatic carbocycles. The number of nitrogens with zero attached hydrogens (tertiary/aromatic N) is 3. The quantitative estimate of drug-likeness (QED) is 0.708. The highest BCUT2D eigenvalue weighted by molar-refractivity contribution is 5.79. The van der Waals surface area contributed by atoms with Crippen LogP contribution in [0.4, 0.5) is 0 Å². The third kappa shape index (κ3) is 5.75. The molecule has 0 aromatic carbocycles.